The maximum atomic E-state index is 7.00. The lowest BCUT2D eigenvalue weighted by molar-refractivity contribution is -0.173. The first-order valence-corrected chi connectivity index (χ1v) is 16.7. The van der Waals surface area contributed by atoms with E-state index in [-0.39, 0.29) is 18.1 Å². The van der Waals surface area contributed by atoms with E-state index in [1.54, 1.807) is 0 Å². The highest BCUT2D eigenvalue weighted by Gasteiger charge is 2.38. The van der Waals surface area contributed by atoms with Crippen LogP contribution in [-0.4, -0.2) is 70.3 Å². The van der Waals surface area contributed by atoms with Crippen molar-refractivity contribution in [3.8, 4) is 5.75 Å². The summed E-state index contributed by atoms with van der Waals surface area (Å²) in [6.07, 6.45) is 5.94. The molecule has 3 atom stereocenters. The first-order valence-electron chi connectivity index (χ1n) is 16.7. The molecule has 2 saturated heterocycles. The Hall–Kier alpha value is -3.27. The zero-order valence-corrected chi connectivity index (χ0v) is 27.2. The number of hydrogen-bond acceptors (Lipinski definition) is 8. The lowest BCUT2D eigenvalue weighted by atomic mass is 9.79. The second kappa shape index (κ2) is 15.5. The van der Waals surface area contributed by atoms with Gasteiger partial charge in [-0.1, -0.05) is 54.6 Å². The van der Waals surface area contributed by atoms with Crippen LogP contribution in [0.25, 0.3) is 0 Å². The second-order valence-corrected chi connectivity index (χ2v) is 12.7. The van der Waals surface area contributed by atoms with Crippen LogP contribution in [-0.2, 0) is 34.0 Å². The number of nitrogens with zero attached hydrogens (tertiary/aromatic N) is 1. The van der Waals surface area contributed by atoms with Gasteiger partial charge in [0.15, 0.2) is 12.6 Å². The summed E-state index contributed by atoms with van der Waals surface area (Å²) in [7, 11) is 0. The van der Waals surface area contributed by atoms with E-state index in [9.17, 15) is 0 Å². The van der Waals surface area contributed by atoms with Crippen LogP contribution in [0.4, 0.5) is 0 Å². The minimum Gasteiger partial charge on any atom is -0.491 e. The molecule has 246 valence electrons. The zero-order valence-electron chi connectivity index (χ0n) is 27.2. The first-order chi connectivity index (χ1) is 22.5. The van der Waals surface area contributed by atoms with Gasteiger partial charge in [0, 0.05) is 18.8 Å². The molecule has 0 aliphatic carbocycles. The SMILES string of the molecule is CC1(C)COC(c2ccc(C(OCCOC3CCCCO3)(c3ccccc3)c3cccc(OCCOC4CCCCO4)c3)cc2)=N1. The summed E-state index contributed by atoms with van der Waals surface area (Å²) >= 11 is 0. The third-order valence-corrected chi connectivity index (χ3v) is 8.56. The van der Waals surface area contributed by atoms with Gasteiger partial charge in [-0.3, -0.25) is 0 Å². The molecular formula is C38H47NO7. The van der Waals surface area contributed by atoms with E-state index >= 15 is 0 Å². The number of hydrogen-bond donors (Lipinski definition) is 0. The fourth-order valence-electron chi connectivity index (χ4n) is 6.21. The minimum atomic E-state index is -0.944. The van der Waals surface area contributed by atoms with Crippen molar-refractivity contribution in [3.05, 3.63) is 101 Å². The van der Waals surface area contributed by atoms with E-state index in [2.05, 4.69) is 62.4 Å². The number of aliphatic imine (C=N–C) groups is 1. The molecule has 2 fully saturated rings. The van der Waals surface area contributed by atoms with E-state index in [0.29, 0.717) is 38.9 Å². The Morgan fingerprint density at radius 2 is 1.37 bits per heavy atom. The molecule has 0 radical (unpaired) electrons. The lowest BCUT2D eigenvalue weighted by Crippen LogP contribution is -2.35. The van der Waals surface area contributed by atoms with Gasteiger partial charge in [-0.15, -0.1) is 0 Å². The van der Waals surface area contributed by atoms with Crippen LogP contribution in [0.1, 0.15) is 74.6 Å². The summed E-state index contributed by atoms with van der Waals surface area (Å²) in [5.41, 5.74) is 2.69. The topological polar surface area (TPSA) is 77.0 Å². The molecule has 8 nitrogen and oxygen atoms in total. The normalized spacial score (nSPS) is 22.4. The summed E-state index contributed by atoms with van der Waals surface area (Å²) in [4.78, 5) is 4.78. The highest BCUT2D eigenvalue weighted by atomic mass is 16.7. The molecule has 3 heterocycles. The zero-order chi connectivity index (χ0) is 31.7. The van der Waals surface area contributed by atoms with Crippen molar-refractivity contribution < 1.29 is 33.2 Å². The fraction of sp³-hybridized carbons (Fsp3) is 0.500. The molecule has 3 aromatic rings. The predicted octanol–water partition coefficient (Wildman–Crippen LogP) is 7.02. The third-order valence-electron chi connectivity index (χ3n) is 8.56. The average molecular weight is 630 g/mol. The van der Waals surface area contributed by atoms with Crippen LogP contribution < -0.4 is 4.74 Å². The van der Waals surface area contributed by atoms with Crippen molar-refractivity contribution in [2.75, 3.05) is 46.2 Å². The molecule has 6 rings (SSSR count). The van der Waals surface area contributed by atoms with E-state index in [4.69, 9.17) is 38.2 Å². The molecule has 3 aliphatic rings. The molecule has 0 amide bonds. The highest BCUT2D eigenvalue weighted by molar-refractivity contribution is 5.95. The van der Waals surface area contributed by atoms with Gasteiger partial charge in [-0.2, -0.15) is 0 Å². The molecule has 46 heavy (non-hydrogen) atoms. The maximum Gasteiger partial charge on any atom is 0.216 e. The minimum absolute atomic E-state index is 0.140. The molecule has 3 aliphatic heterocycles. The number of ether oxygens (including phenoxy) is 7. The molecule has 0 aromatic heterocycles. The van der Waals surface area contributed by atoms with Crippen LogP contribution in [0.3, 0.4) is 0 Å². The molecule has 3 unspecified atom stereocenters. The quantitative estimate of drug-likeness (QED) is 0.140. The Labute approximate surface area is 273 Å². The maximum absolute atomic E-state index is 7.00. The summed E-state index contributed by atoms with van der Waals surface area (Å²) in [6.45, 7) is 7.87. The van der Waals surface area contributed by atoms with Crippen molar-refractivity contribution in [1.29, 1.82) is 0 Å². The van der Waals surface area contributed by atoms with Gasteiger partial charge < -0.3 is 33.2 Å². The number of benzene rings is 3. The standard InChI is InChI=1S/C38H47NO7/c1-37(2)28-45-36(39-37)29-17-19-31(20-18-29)38(30-11-4-3-5-12-30,46-26-25-44-35-16-7-9-22-42-35)32-13-10-14-33(27-32)40-23-24-43-34-15-6-8-21-41-34/h3-5,10-14,17-20,27,34-35H,6-9,15-16,21-26,28H2,1-2H3. The fourth-order valence-corrected chi connectivity index (χ4v) is 6.21. The molecule has 0 spiro atoms. The summed E-state index contributed by atoms with van der Waals surface area (Å²) in [6, 6.07) is 26.8. The summed E-state index contributed by atoms with van der Waals surface area (Å²) in [5.74, 6) is 1.41. The van der Waals surface area contributed by atoms with Gasteiger partial charge in [-0.05, 0) is 93.3 Å². The average Bonchev–Trinajstić information content (AvgIpc) is 3.48. The van der Waals surface area contributed by atoms with Crippen molar-refractivity contribution in [1.82, 2.24) is 0 Å². The van der Waals surface area contributed by atoms with Gasteiger partial charge in [-0.25, -0.2) is 4.99 Å². The summed E-state index contributed by atoms with van der Waals surface area (Å²) in [5, 5.41) is 0. The van der Waals surface area contributed by atoms with Crippen LogP contribution in [0.2, 0.25) is 0 Å². The predicted molar refractivity (Wildman–Crippen MR) is 176 cm³/mol. The van der Waals surface area contributed by atoms with Gasteiger partial charge in [0.1, 0.15) is 24.6 Å². The van der Waals surface area contributed by atoms with Crippen LogP contribution in [0.15, 0.2) is 83.9 Å². The molecule has 0 N–H and O–H groups in total. The van der Waals surface area contributed by atoms with Crippen LogP contribution in [0.5, 0.6) is 5.75 Å². The Bertz CT molecular complexity index is 1400. The van der Waals surface area contributed by atoms with Crippen LogP contribution >= 0.6 is 0 Å². The Morgan fingerprint density at radius 1 is 0.717 bits per heavy atom. The van der Waals surface area contributed by atoms with Gasteiger partial charge in [0.05, 0.1) is 25.4 Å². The monoisotopic (exact) mass is 629 g/mol. The van der Waals surface area contributed by atoms with E-state index in [1.165, 1.54) is 0 Å². The van der Waals surface area contributed by atoms with Crippen molar-refractivity contribution in [2.45, 2.75) is 76.1 Å². The van der Waals surface area contributed by atoms with E-state index < -0.39 is 5.60 Å². The molecule has 0 saturated carbocycles. The molecule has 8 heteroatoms. The van der Waals surface area contributed by atoms with Gasteiger partial charge in [0.25, 0.3) is 0 Å². The Balaban J connectivity index is 1.28. The highest BCUT2D eigenvalue weighted by Crippen LogP contribution is 2.42. The van der Waals surface area contributed by atoms with Crippen molar-refractivity contribution in [2.24, 2.45) is 4.99 Å². The van der Waals surface area contributed by atoms with E-state index in [1.807, 2.05) is 30.3 Å². The number of rotatable bonds is 14. The van der Waals surface area contributed by atoms with Gasteiger partial charge in [0.2, 0.25) is 5.90 Å². The summed E-state index contributed by atoms with van der Waals surface area (Å²) < 4.78 is 42.7. The second-order valence-electron chi connectivity index (χ2n) is 12.7. The third kappa shape index (κ3) is 8.17. The Morgan fingerprint density at radius 3 is 2.00 bits per heavy atom. The van der Waals surface area contributed by atoms with Crippen molar-refractivity contribution >= 4 is 5.90 Å². The van der Waals surface area contributed by atoms with Crippen molar-refractivity contribution in [3.63, 3.8) is 0 Å². The van der Waals surface area contributed by atoms with Gasteiger partial charge >= 0.3 is 0 Å². The lowest BCUT2D eigenvalue weighted by Gasteiger charge is -2.36. The van der Waals surface area contributed by atoms with Crippen LogP contribution in [0, 0.1) is 0 Å². The molecule has 3 aromatic carbocycles. The largest absolute Gasteiger partial charge is 0.491 e. The molecule has 0 bridgehead atoms. The smallest absolute Gasteiger partial charge is 0.216 e. The van der Waals surface area contributed by atoms with E-state index in [0.717, 1.165) is 79.7 Å². The molecular weight excluding hydrogens is 582 g/mol. The first kappa shape index (κ1) is 32.7. The Kier molecular flexibility index (Phi) is 11.0.